The molecule has 1 saturated carbocycles. The van der Waals surface area contributed by atoms with Crippen molar-refractivity contribution in [2.75, 3.05) is 6.26 Å². The Kier molecular flexibility index (Phi) is 2.57. The summed E-state index contributed by atoms with van der Waals surface area (Å²) in [6, 6.07) is 0. The average molecular weight is 246 g/mol. The van der Waals surface area contributed by atoms with Gasteiger partial charge in [0.1, 0.15) is 0 Å². The zero-order chi connectivity index (χ0) is 11.9. The minimum Gasteiger partial charge on any atom is -0.492 e. The fourth-order valence-corrected chi connectivity index (χ4v) is 2.31. The van der Waals surface area contributed by atoms with E-state index < -0.39 is 22.9 Å². The number of nitrogens with one attached hydrogen (secondary N) is 1. The van der Waals surface area contributed by atoms with Crippen LogP contribution in [0.3, 0.4) is 0 Å². The number of thioether (sulfide) groups is 1. The Morgan fingerprint density at radius 3 is 2.69 bits per heavy atom. The molecule has 1 aliphatic carbocycles. The van der Waals surface area contributed by atoms with Crippen LogP contribution in [0.25, 0.3) is 0 Å². The Morgan fingerprint density at radius 2 is 2.19 bits per heavy atom. The summed E-state index contributed by atoms with van der Waals surface area (Å²) in [5.74, 6) is -2.19. The second-order valence-electron chi connectivity index (χ2n) is 3.87. The number of aromatic amines is 1. The maximum atomic E-state index is 13.1. The summed E-state index contributed by atoms with van der Waals surface area (Å²) in [4.78, 5) is 24.1. The monoisotopic (exact) mass is 246 g/mol. The van der Waals surface area contributed by atoms with E-state index in [0.29, 0.717) is 0 Å². The number of H-pyrrole nitrogens is 1. The summed E-state index contributed by atoms with van der Waals surface area (Å²) in [6.07, 6.45) is 3.73. The van der Waals surface area contributed by atoms with Crippen molar-refractivity contribution in [3.63, 3.8) is 0 Å². The Labute approximate surface area is 94.3 Å². The van der Waals surface area contributed by atoms with E-state index in [1.807, 2.05) is 11.2 Å². The van der Waals surface area contributed by atoms with Crippen molar-refractivity contribution in [3.05, 3.63) is 26.7 Å². The molecular weight excluding hydrogens is 235 g/mol. The minimum atomic E-state index is -1.31. The minimum absolute atomic E-state index is 0.105. The first-order chi connectivity index (χ1) is 7.49. The third kappa shape index (κ3) is 1.75. The van der Waals surface area contributed by atoms with Gasteiger partial charge in [-0.2, -0.15) is 16.2 Å². The molecule has 16 heavy (non-hydrogen) atoms. The molecule has 1 heterocycles. The predicted molar refractivity (Wildman–Crippen MR) is 58.4 cm³/mol. The molecule has 0 spiro atoms. The first-order valence-corrected chi connectivity index (χ1v) is 5.98. The maximum Gasteiger partial charge on any atom is 0.331 e. The van der Waals surface area contributed by atoms with Gasteiger partial charge in [-0.05, 0) is 19.1 Å². The van der Waals surface area contributed by atoms with Crippen molar-refractivity contribution < 1.29 is 9.50 Å². The van der Waals surface area contributed by atoms with Crippen LogP contribution in [0.1, 0.15) is 12.8 Å². The number of hydrogen-bond acceptors (Lipinski definition) is 4. The van der Waals surface area contributed by atoms with Gasteiger partial charge >= 0.3 is 5.69 Å². The number of aromatic nitrogens is 2. The van der Waals surface area contributed by atoms with Gasteiger partial charge in [-0.15, -0.1) is 0 Å². The molecular formula is C9H11FN2O3S. The predicted octanol–water partition coefficient (Wildman–Crippen LogP) is 0.277. The van der Waals surface area contributed by atoms with Crippen LogP contribution < -0.4 is 11.2 Å². The highest BCUT2D eigenvalue weighted by Gasteiger charge is 2.43. The van der Waals surface area contributed by atoms with Gasteiger partial charge in [-0.25, -0.2) is 4.79 Å². The average Bonchev–Trinajstić information content (AvgIpc) is 3.02. The van der Waals surface area contributed by atoms with Gasteiger partial charge in [0.05, 0.1) is 0 Å². The molecule has 1 fully saturated rings. The van der Waals surface area contributed by atoms with Crippen LogP contribution in [-0.2, 0) is 6.54 Å². The van der Waals surface area contributed by atoms with E-state index in [4.69, 9.17) is 0 Å². The van der Waals surface area contributed by atoms with E-state index in [2.05, 4.69) is 0 Å². The van der Waals surface area contributed by atoms with Crippen molar-refractivity contribution in [3.8, 4) is 5.88 Å². The van der Waals surface area contributed by atoms with Crippen LogP contribution in [0.15, 0.2) is 9.59 Å². The highest BCUT2D eigenvalue weighted by atomic mass is 32.2. The molecule has 0 radical (unpaired) electrons. The lowest BCUT2D eigenvalue weighted by atomic mass is 10.4. The van der Waals surface area contributed by atoms with Gasteiger partial charge in [-0.1, -0.05) is 0 Å². The molecule has 0 unspecified atom stereocenters. The fourth-order valence-electron chi connectivity index (χ4n) is 1.54. The molecule has 0 amide bonds. The van der Waals surface area contributed by atoms with Crippen LogP contribution in [-0.4, -0.2) is 25.7 Å². The van der Waals surface area contributed by atoms with E-state index in [1.54, 1.807) is 11.8 Å². The molecule has 0 aliphatic heterocycles. The standard InChI is InChI=1S/C9H11FN2O3S/c1-16-9(2-3-9)4-12-7(14)5(10)6(13)11-8(12)15/h14H,2-4H2,1H3,(H,11,13,15). The van der Waals surface area contributed by atoms with Gasteiger partial charge < -0.3 is 5.11 Å². The molecule has 2 rings (SSSR count). The molecule has 0 bridgehead atoms. The third-order valence-corrected chi connectivity index (χ3v) is 4.21. The number of halogens is 1. The second kappa shape index (κ2) is 3.65. The Bertz CT molecular complexity index is 533. The van der Waals surface area contributed by atoms with Crippen molar-refractivity contribution in [2.45, 2.75) is 24.1 Å². The van der Waals surface area contributed by atoms with Gasteiger partial charge in [-0.3, -0.25) is 14.3 Å². The van der Waals surface area contributed by atoms with E-state index in [9.17, 15) is 19.1 Å². The highest BCUT2D eigenvalue weighted by Crippen LogP contribution is 2.48. The topological polar surface area (TPSA) is 75.1 Å². The largest absolute Gasteiger partial charge is 0.492 e. The Balaban J connectivity index is 2.45. The summed E-state index contributed by atoms with van der Waals surface area (Å²) < 4.78 is 13.9. The summed E-state index contributed by atoms with van der Waals surface area (Å²) in [5, 5.41) is 9.40. The molecule has 2 N–H and O–H groups in total. The molecule has 0 atom stereocenters. The lowest BCUT2D eigenvalue weighted by Gasteiger charge is -2.14. The van der Waals surface area contributed by atoms with Gasteiger partial charge in [0, 0.05) is 11.3 Å². The fraction of sp³-hybridized carbons (Fsp3) is 0.556. The molecule has 7 heteroatoms. The Hall–Kier alpha value is -1.24. The molecule has 88 valence electrons. The maximum absolute atomic E-state index is 13.1. The van der Waals surface area contributed by atoms with Crippen LogP contribution in [0, 0.1) is 5.82 Å². The van der Waals surface area contributed by atoms with Crippen molar-refractivity contribution in [2.24, 2.45) is 0 Å². The summed E-state index contributed by atoms with van der Waals surface area (Å²) in [6.45, 7) is 0.215. The molecule has 0 aromatic carbocycles. The number of aromatic hydroxyl groups is 1. The first kappa shape index (κ1) is 11.3. The smallest absolute Gasteiger partial charge is 0.331 e. The van der Waals surface area contributed by atoms with E-state index >= 15 is 0 Å². The Morgan fingerprint density at radius 1 is 1.56 bits per heavy atom. The third-order valence-electron chi connectivity index (χ3n) is 2.80. The number of hydrogen-bond donors (Lipinski definition) is 2. The van der Waals surface area contributed by atoms with E-state index in [1.165, 1.54) is 0 Å². The lowest BCUT2D eigenvalue weighted by molar-refractivity contribution is 0.358. The molecule has 0 saturated heterocycles. The molecule has 1 aliphatic rings. The first-order valence-electron chi connectivity index (χ1n) is 4.76. The summed E-state index contributed by atoms with van der Waals surface area (Å²) in [7, 11) is 0. The van der Waals surface area contributed by atoms with Crippen molar-refractivity contribution in [1.82, 2.24) is 9.55 Å². The van der Waals surface area contributed by atoms with Gasteiger partial charge in [0.15, 0.2) is 0 Å². The van der Waals surface area contributed by atoms with Crippen LogP contribution in [0.4, 0.5) is 4.39 Å². The van der Waals surface area contributed by atoms with E-state index in [0.717, 1.165) is 17.4 Å². The summed E-state index contributed by atoms with van der Waals surface area (Å²) >= 11 is 1.58. The second-order valence-corrected chi connectivity index (χ2v) is 5.14. The molecule has 5 nitrogen and oxygen atoms in total. The zero-order valence-electron chi connectivity index (χ0n) is 8.62. The van der Waals surface area contributed by atoms with Crippen molar-refractivity contribution in [1.29, 1.82) is 0 Å². The van der Waals surface area contributed by atoms with Gasteiger partial charge in [0.25, 0.3) is 5.56 Å². The van der Waals surface area contributed by atoms with Crippen LogP contribution >= 0.6 is 11.8 Å². The van der Waals surface area contributed by atoms with Crippen LogP contribution in [0.2, 0.25) is 0 Å². The van der Waals surface area contributed by atoms with E-state index in [-0.39, 0.29) is 11.3 Å². The highest BCUT2D eigenvalue weighted by molar-refractivity contribution is 8.00. The van der Waals surface area contributed by atoms with Crippen molar-refractivity contribution >= 4 is 11.8 Å². The lowest BCUT2D eigenvalue weighted by Crippen LogP contribution is -2.34. The molecule has 1 aromatic rings. The molecule has 1 aromatic heterocycles. The van der Waals surface area contributed by atoms with Gasteiger partial charge in [0.2, 0.25) is 11.7 Å². The van der Waals surface area contributed by atoms with Crippen LogP contribution in [0.5, 0.6) is 5.88 Å². The number of rotatable bonds is 3. The SMILES string of the molecule is CSC1(Cn2c(O)c(F)c(=O)[nH]c2=O)CC1. The summed E-state index contributed by atoms with van der Waals surface area (Å²) in [5.41, 5.74) is -1.96. The quantitative estimate of drug-likeness (QED) is 0.803. The zero-order valence-corrected chi connectivity index (χ0v) is 9.43. The normalized spacial score (nSPS) is 17.4. The number of nitrogens with zero attached hydrogens (tertiary/aromatic N) is 1.